The highest BCUT2D eigenvalue weighted by atomic mass is 35.5. The van der Waals surface area contributed by atoms with Gasteiger partial charge in [-0.2, -0.15) is 5.10 Å². The van der Waals surface area contributed by atoms with Crippen molar-refractivity contribution in [2.45, 2.75) is 78.4 Å². The highest BCUT2D eigenvalue weighted by Crippen LogP contribution is 2.27. The van der Waals surface area contributed by atoms with Gasteiger partial charge in [-0.15, -0.1) is 0 Å². The molecule has 0 spiro atoms. The maximum atomic E-state index is 6.45. The van der Waals surface area contributed by atoms with Gasteiger partial charge in [0, 0.05) is 19.1 Å². The molecule has 1 atom stereocenters. The zero-order valence-corrected chi connectivity index (χ0v) is 13.8. The molecule has 1 aliphatic rings. The van der Waals surface area contributed by atoms with Crippen molar-refractivity contribution in [1.82, 2.24) is 15.1 Å². The summed E-state index contributed by atoms with van der Waals surface area (Å²) in [7, 11) is 0. The van der Waals surface area contributed by atoms with E-state index in [0.29, 0.717) is 6.04 Å². The van der Waals surface area contributed by atoms with Crippen molar-refractivity contribution >= 4 is 11.6 Å². The van der Waals surface area contributed by atoms with Gasteiger partial charge in [-0.1, -0.05) is 37.8 Å². The molecule has 114 valence electrons. The third-order valence-electron chi connectivity index (χ3n) is 4.64. The molecule has 20 heavy (non-hydrogen) atoms. The van der Waals surface area contributed by atoms with Crippen LogP contribution in [0.2, 0.25) is 5.02 Å². The molecule has 0 amide bonds. The van der Waals surface area contributed by atoms with Crippen LogP contribution < -0.4 is 5.32 Å². The number of nitrogens with zero attached hydrogens (tertiary/aromatic N) is 2. The van der Waals surface area contributed by atoms with E-state index >= 15 is 0 Å². The molecule has 3 nitrogen and oxygen atoms in total. The summed E-state index contributed by atoms with van der Waals surface area (Å²) in [5, 5.41) is 9.12. The molecular formula is C16H28ClN3. The Hall–Kier alpha value is -0.540. The zero-order chi connectivity index (χ0) is 14.5. The lowest BCUT2D eigenvalue weighted by Gasteiger charge is -2.28. The molecule has 1 aliphatic carbocycles. The second-order valence-electron chi connectivity index (χ2n) is 5.94. The van der Waals surface area contributed by atoms with Gasteiger partial charge in [-0.25, -0.2) is 0 Å². The van der Waals surface area contributed by atoms with Crippen LogP contribution in [0.15, 0.2) is 0 Å². The van der Waals surface area contributed by atoms with Crippen LogP contribution in [0.5, 0.6) is 0 Å². The number of hydrogen-bond acceptors (Lipinski definition) is 2. The van der Waals surface area contributed by atoms with E-state index in [4.69, 9.17) is 11.6 Å². The van der Waals surface area contributed by atoms with Gasteiger partial charge in [-0.3, -0.25) is 4.68 Å². The predicted octanol–water partition coefficient (Wildman–Crippen LogP) is 4.18. The summed E-state index contributed by atoms with van der Waals surface area (Å²) < 4.78 is 2.04. The summed E-state index contributed by atoms with van der Waals surface area (Å²) in [4.78, 5) is 0. The largest absolute Gasteiger partial charge is 0.308 e. The van der Waals surface area contributed by atoms with E-state index in [1.165, 1.54) is 32.1 Å². The van der Waals surface area contributed by atoms with Crippen molar-refractivity contribution in [3.8, 4) is 0 Å². The molecule has 0 unspecified atom stereocenters. The molecule has 2 rings (SSSR count). The van der Waals surface area contributed by atoms with Crippen LogP contribution in [0.4, 0.5) is 0 Å². The zero-order valence-electron chi connectivity index (χ0n) is 13.1. The lowest BCUT2D eigenvalue weighted by atomic mass is 9.84. The van der Waals surface area contributed by atoms with Gasteiger partial charge in [-0.05, 0) is 39.0 Å². The van der Waals surface area contributed by atoms with Gasteiger partial charge < -0.3 is 5.32 Å². The van der Waals surface area contributed by atoms with Crippen molar-refractivity contribution in [2.24, 2.45) is 5.92 Å². The molecule has 1 aromatic heterocycles. The molecule has 0 aromatic carbocycles. The average molecular weight is 298 g/mol. The van der Waals surface area contributed by atoms with Crippen LogP contribution in [0.3, 0.4) is 0 Å². The van der Waals surface area contributed by atoms with Crippen LogP contribution in [-0.2, 0) is 19.5 Å². The smallest absolute Gasteiger partial charge is 0.0863 e. The van der Waals surface area contributed by atoms with Crippen molar-refractivity contribution in [3.63, 3.8) is 0 Å². The predicted molar refractivity (Wildman–Crippen MR) is 85.2 cm³/mol. The molecule has 1 fully saturated rings. The normalized spacial score (nSPS) is 18.4. The standard InChI is InChI=1S/C16H28ClN3/c1-4-14-16(17)15(20(5-2)19-14)11-18-12(3)13-9-7-6-8-10-13/h12-13,18H,4-11H2,1-3H3/t12-/m0/s1. The lowest BCUT2D eigenvalue weighted by Crippen LogP contribution is -2.34. The minimum absolute atomic E-state index is 0.566. The molecule has 1 heterocycles. The Bertz CT molecular complexity index is 422. The highest BCUT2D eigenvalue weighted by molar-refractivity contribution is 6.31. The Morgan fingerprint density at radius 2 is 2.00 bits per heavy atom. The van der Waals surface area contributed by atoms with Crippen molar-refractivity contribution in [1.29, 1.82) is 0 Å². The number of aryl methyl sites for hydroxylation is 2. The molecule has 0 bridgehead atoms. The van der Waals surface area contributed by atoms with Crippen LogP contribution in [0, 0.1) is 5.92 Å². The molecule has 1 aromatic rings. The Labute approximate surface area is 128 Å². The van der Waals surface area contributed by atoms with Crippen LogP contribution in [0.25, 0.3) is 0 Å². The minimum Gasteiger partial charge on any atom is -0.308 e. The van der Waals surface area contributed by atoms with Crippen LogP contribution >= 0.6 is 11.6 Å². The monoisotopic (exact) mass is 297 g/mol. The molecule has 0 aliphatic heterocycles. The fourth-order valence-electron chi connectivity index (χ4n) is 3.24. The molecular weight excluding hydrogens is 270 g/mol. The maximum Gasteiger partial charge on any atom is 0.0863 e. The maximum absolute atomic E-state index is 6.45. The van der Waals surface area contributed by atoms with Crippen molar-refractivity contribution < 1.29 is 0 Å². The summed E-state index contributed by atoms with van der Waals surface area (Å²) in [5.74, 6) is 0.825. The Kier molecular flexibility index (Phi) is 5.91. The fraction of sp³-hybridized carbons (Fsp3) is 0.812. The van der Waals surface area contributed by atoms with Gasteiger partial charge in [0.15, 0.2) is 0 Å². The van der Waals surface area contributed by atoms with Crippen molar-refractivity contribution in [2.75, 3.05) is 0 Å². The van der Waals surface area contributed by atoms with E-state index in [2.05, 4.69) is 31.2 Å². The first-order valence-corrected chi connectivity index (χ1v) is 8.52. The number of aromatic nitrogens is 2. The first-order chi connectivity index (χ1) is 9.67. The Balaban J connectivity index is 1.97. The van der Waals surface area contributed by atoms with Crippen LogP contribution in [0.1, 0.15) is 64.3 Å². The quantitative estimate of drug-likeness (QED) is 0.854. The molecule has 4 heteroatoms. The molecule has 1 N–H and O–H groups in total. The summed E-state index contributed by atoms with van der Waals surface area (Å²) in [6, 6.07) is 0.566. The Morgan fingerprint density at radius 3 is 2.60 bits per heavy atom. The van der Waals surface area contributed by atoms with E-state index in [1.807, 2.05) is 4.68 Å². The van der Waals surface area contributed by atoms with Gasteiger partial charge in [0.05, 0.1) is 16.4 Å². The van der Waals surface area contributed by atoms with E-state index in [-0.39, 0.29) is 0 Å². The van der Waals surface area contributed by atoms with Gasteiger partial charge >= 0.3 is 0 Å². The van der Waals surface area contributed by atoms with E-state index in [0.717, 1.165) is 41.8 Å². The SMILES string of the molecule is CCc1nn(CC)c(CN[C@@H](C)C2CCCCC2)c1Cl. The van der Waals surface area contributed by atoms with Crippen LogP contribution in [-0.4, -0.2) is 15.8 Å². The highest BCUT2D eigenvalue weighted by Gasteiger charge is 2.21. The first-order valence-electron chi connectivity index (χ1n) is 8.14. The first kappa shape index (κ1) is 15.8. The lowest BCUT2D eigenvalue weighted by molar-refractivity contribution is 0.279. The summed E-state index contributed by atoms with van der Waals surface area (Å²) in [5.41, 5.74) is 2.17. The molecule has 0 saturated heterocycles. The van der Waals surface area contributed by atoms with Gasteiger partial charge in [0.1, 0.15) is 0 Å². The Morgan fingerprint density at radius 1 is 1.30 bits per heavy atom. The summed E-state index contributed by atoms with van der Waals surface area (Å²) in [6.07, 6.45) is 7.84. The third kappa shape index (κ3) is 3.56. The van der Waals surface area contributed by atoms with Gasteiger partial charge in [0.2, 0.25) is 0 Å². The van der Waals surface area contributed by atoms with E-state index in [9.17, 15) is 0 Å². The summed E-state index contributed by atoms with van der Waals surface area (Å²) >= 11 is 6.45. The van der Waals surface area contributed by atoms with E-state index in [1.54, 1.807) is 0 Å². The van der Waals surface area contributed by atoms with Gasteiger partial charge in [0.25, 0.3) is 0 Å². The number of halogens is 1. The second-order valence-corrected chi connectivity index (χ2v) is 6.32. The second kappa shape index (κ2) is 7.46. The average Bonchev–Trinajstić information content (AvgIpc) is 2.81. The molecule has 0 radical (unpaired) electrons. The number of rotatable bonds is 6. The fourth-order valence-corrected chi connectivity index (χ4v) is 3.58. The summed E-state index contributed by atoms with van der Waals surface area (Å²) in [6.45, 7) is 8.26. The molecule has 1 saturated carbocycles. The minimum atomic E-state index is 0.566. The third-order valence-corrected chi connectivity index (χ3v) is 5.08. The number of nitrogens with one attached hydrogen (secondary N) is 1. The number of hydrogen-bond donors (Lipinski definition) is 1. The van der Waals surface area contributed by atoms with E-state index < -0.39 is 0 Å². The topological polar surface area (TPSA) is 29.9 Å². The van der Waals surface area contributed by atoms with Crippen molar-refractivity contribution in [3.05, 3.63) is 16.4 Å².